The van der Waals surface area contributed by atoms with Gasteiger partial charge in [-0.15, -0.1) is 21.5 Å². The fourth-order valence-electron chi connectivity index (χ4n) is 3.53. The quantitative estimate of drug-likeness (QED) is 0.224. The number of nitrogens with one attached hydrogen (secondary N) is 1. The molecule has 12 heteroatoms. The molecule has 2 aromatic heterocycles. The normalized spacial score (nSPS) is 11.1. The second-order valence-corrected chi connectivity index (χ2v) is 11.0. The summed E-state index contributed by atoms with van der Waals surface area (Å²) in [5.74, 6) is 1.21. The summed E-state index contributed by atoms with van der Waals surface area (Å²) >= 11 is 4.27. The number of rotatable bonds is 10. The van der Waals surface area contributed by atoms with Crippen LogP contribution in [0.15, 0.2) is 52.0 Å². The van der Waals surface area contributed by atoms with Gasteiger partial charge < -0.3 is 20.5 Å². The molecule has 0 fully saturated rings. The summed E-state index contributed by atoms with van der Waals surface area (Å²) in [6.45, 7) is 5.36. The second kappa shape index (κ2) is 11.8. The van der Waals surface area contributed by atoms with Crippen molar-refractivity contribution in [1.29, 1.82) is 0 Å². The number of anilines is 2. The number of nitrogens with zero attached hydrogens (tertiary/aromatic N) is 5. The van der Waals surface area contributed by atoms with E-state index in [1.165, 1.54) is 34.9 Å². The van der Waals surface area contributed by atoms with Crippen LogP contribution >= 0.6 is 34.9 Å². The fraction of sp³-hybridized carbons (Fsp3) is 0.292. The van der Waals surface area contributed by atoms with Crippen LogP contribution in [0.2, 0.25) is 0 Å². The molecule has 36 heavy (non-hydrogen) atoms. The van der Waals surface area contributed by atoms with Gasteiger partial charge in [0.05, 0.1) is 21.7 Å². The molecule has 0 saturated carbocycles. The van der Waals surface area contributed by atoms with Crippen LogP contribution in [-0.4, -0.2) is 61.1 Å². The minimum atomic E-state index is -0.142. The van der Waals surface area contributed by atoms with Crippen molar-refractivity contribution in [2.75, 3.05) is 35.6 Å². The molecule has 9 nitrogen and oxygen atoms in total. The van der Waals surface area contributed by atoms with Crippen LogP contribution in [0.25, 0.3) is 21.6 Å². The van der Waals surface area contributed by atoms with Crippen LogP contribution in [0, 0.1) is 0 Å². The number of aromatic nitrogens is 4. The predicted molar refractivity (Wildman–Crippen MR) is 148 cm³/mol. The molecule has 0 bridgehead atoms. The molecule has 0 aliphatic carbocycles. The van der Waals surface area contributed by atoms with Gasteiger partial charge >= 0.3 is 0 Å². The lowest BCUT2D eigenvalue weighted by Gasteiger charge is -2.17. The molecule has 0 radical (unpaired) electrons. The minimum Gasteiger partial charge on any atom is -0.399 e. The van der Waals surface area contributed by atoms with Crippen molar-refractivity contribution in [3.63, 3.8) is 0 Å². The zero-order valence-electron chi connectivity index (χ0n) is 20.2. The number of nitrogen functional groups attached to an aromatic ring is 1. The summed E-state index contributed by atoms with van der Waals surface area (Å²) in [6.07, 6.45) is 0. The average molecular weight is 542 g/mol. The maximum atomic E-state index is 12.6. The average Bonchev–Trinajstić information content (AvgIpc) is 3.44. The molecule has 0 spiro atoms. The fourth-order valence-corrected chi connectivity index (χ4v) is 6.25. The SMILES string of the molecule is CCN(CC)C(=O)CSc1nc2ccc(NC(=O)CSc3nnc(-c4cccc(N)c4)n3C)cc2s1. The van der Waals surface area contributed by atoms with Crippen molar-refractivity contribution < 1.29 is 9.59 Å². The molecule has 188 valence electrons. The maximum Gasteiger partial charge on any atom is 0.234 e. The van der Waals surface area contributed by atoms with E-state index in [0.717, 1.165) is 20.1 Å². The molecule has 2 heterocycles. The van der Waals surface area contributed by atoms with E-state index in [1.54, 1.807) is 0 Å². The highest BCUT2D eigenvalue weighted by molar-refractivity contribution is 8.01. The Morgan fingerprint density at radius 1 is 1.08 bits per heavy atom. The molecule has 0 aliphatic heterocycles. The van der Waals surface area contributed by atoms with Gasteiger partial charge in [-0.25, -0.2) is 4.98 Å². The molecular formula is C24H27N7O2S3. The first-order chi connectivity index (χ1) is 17.4. The van der Waals surface area contributed by atoms with E-state index < -0.39 is 0 Å². The smallest absolute Gasteiger partial charge is 0.234 e. The van der Waals surface area contributed by atoms with E-state index in [-0.39, 0.29) is 17.6 Å². The topological polar surface area (TPSA) is 119 Å². The van der Waals surface area contributed by atoms with Gasteiger partial charge in [-0.2, -0.15) is 0 Å². The molecule has 0 atom stereocenters. The van der Waals surface area contributed by atoms with Crippen molar-refractivity contribution in [3.8, 4) is 11.4 Å². The molecule has 0 unspecified atom stereocenters. The number of nitrogens with two attached hydrogens (primary N) is 1. The van der Waals surface area contributed by atoms with Gasteiger partial charge in [0.1, 0.15) is 0 Å². The molecule has 3 N–H and O–H groups in total. The Labute approximate surface area is 221 Å². The molecular weight excluding hydrogens is 515 g/mol. The zero-order chi connectivity index (χ0) is 25.7. The third-order valence-electron chi connectivity index (χ3n) is 5.40. The van der Waals surface area contributed by atoms with E-state index in [9.17, 15) is 9.59 Å². The number of thiazole rings is 1. The number of thioether (sulfide) groups is 2. The first-order valence-electron chi connectivity index (χ1n) is 11.4. The van der Waals surface area contributed by atoms with Crippen molar-refractivity contribution >= 4 is 68.3 Å². The van der Waals surface area contributed by atoms with Gasteiger partial charge in [0.25, 0.3) is 0 Å². The van der Waals surface area contributed by atoms with Crippen LogP contribution in [0.4, 0.5) is 11.4 Å². The number of amides is 2. The van der Waals surface area contributed by atoms with Crippen molar-refractivity contribution in [2.24, 2.45) is 7.05 Å². The largest absolute Gasteiger partial charge is 0.399 e. The van der Waals surface area contributed by atoms with E-state index in [4.69, 9.17) is 5.73 Å². The summed E-state index contributed by atoms with van der Waals surface area (Å²) in [5, 5.41) is 12.0. The Balaban J connectivity index is 1.34. The van der Waals surface area contributed by atoms with Crippen molar-refractivity contribution in [1.82, 2.24) is 24.6 Å². The summed E-state index contributed by atoms with van der Waals surface area (Å²) in [4.78, 5) is 31.3. The lowest BCUT2D eigenvalue weighted by Crippen LogP contribution is -2.31. The number of hydrogen-bond donors (Lipinski definition) is 2. The van der Waals surface area contributed by atoms with Crippen LogP contribution in [0.3, 0.4) is 0 Å². The Bertz CT molecular complexity index is 1380. The summed E-state index contributed by atoms with van der Waals surface area (Å²) < 4.78 is 3.64. The summed E-state index contributed by atoms with van der Waals surface area (Å²) in [5.41, 5.74) is 8.94. The van der Waals surface area contributed by atoms with Gasteiger partial charge in [-0.05, 0) is 44.2 Å². The lowest BCUT2D eigenvalue weighted by atomic mass is 10.2. The lowest BCUT2D eigenvalue weighted by molar-refractivity contribution is -0.128. The Hall–Kier alpha value is -3.09. The van der Waals surface area contributed by atoms with Gasteiger partial charge in [-0.1, -0.05) is 35.7 Å². The summed E-state index contributed by atoms with van der Waals surface area (Å²) in [6, 6.07) is 13.1. The molecule has 4 aromatic rings. The molecule has 0 saturated heterocycles. The molecule has 4 rings (SSSR count). The first-order valence-corrected chi connectivity index (χ1v) is 14.2. The Kier molecular flexibility index (Phi) is 8.49. The summed E-state index contributed by atoms with van der Waals surface area (Å²) in [7, 11) is 1.86. The second-order valence-electron chi connectivity index (χ2n) is 7.84. The van der Waals surface area contributed by atoms with Gasteiger partial charge in [0.2, 0.25) is 11.8 Å². The monoisotopic (exact) mass is 541 g/mol. The maximum absolute atomic E-state index is 12.6. The van der Waals surface area contributed by atoms with E-state index in [0.29, 0.717) is 41.2 Å². The number of hydrogen-bond acceptors (Lipinski definition) is 9. The third-order valence-corrected chi connectivity index (χ3v) is 8.57. The highest BCUT2D eigenvalue weighted by Crippen LogP contribution is 2.31. The Morgan fingerprint density at radius 3 is 2.64 bits per heavy atom. The minimum absolute atomic E-state index is 0.109. The van der Waals surface area contributed by atoms with Crippen molar-refractivity contribution in [2.45, 2.75) is 23.3 Å². The number of benzene rings is 2. The van der Waals surface area contributed by atoms with Gasteiger partial charge in [-0.3, -0.25) is 9.59 Å². The highest BCUT2D eigenvalue weighted by atomic mass is 32.2. The number of carbonyl (C=O) groups is 2. The number of fused-ring (bicyclic) bond motifs is 1. The standard InChI is InChI=1S/C24H27N7O2S3/c1-4-31(5-2)21(33)14-35-24-27-18-10-9-17(12-19(18)36-24)26-20(32)13-34-23-29-28-22(30(23)3)15-7-6-8-16(25)11-15/h6-12H,4-5,13-14,25H2,1-3H3,(H,26,32). The van der Waals surface area contributed by atoms with Crippen LogP contribution in [0.1, 0.15) is 13.8 Å². The van der Waals surface area contributed by atoms with Gasteiger partial charge in [0, 0.05) is 37.1 Å². The zero-order valence-corrected chi connectivity index (χ0v) is 22.7. The number of carbonyl (C=O) groups excluding carboxylic acids is 2. The van der Waals surface area contributed by atoms with Crippen molar-refractivity contribution in [3.05, 3.63) is 42.5 Å². The predicted octanol–water partition coefficient (Wildman–Crippen LogP) is 4.37. The molecule has 0 aliphatic rings. The van der Waals surface area contributed by atoms with Crippen LogP contribution in [0.5, 0.6) is 0 Å². The van der Waals surface area contributed by atoms with Crippen LogP contribution < -0.4 is 11.1 Å². The van der Waals surface area contributed by atoms with E-state index in [1.807, 2.05) is 72.8 Å². The Morgan fingerprint density at radius 2 is 1.89 bits per heavy atom. The van der Waals surface area contributed by atoms with Crippen LogP contribution in [-0.2, 0) is 16.6 Å². The third kappa shape index (κ3) is 6.18. The molecule has 2 amide bonds. The molecule has 2 aromatic carbocycles. The van der Waals surface area contributed by atoms with E-state index in [2.05, 4.69) is 20.5 Å². The van der Waals surface area contributed by atoms with Gasteiger partial charge in [0.15, 0.2) is 15.3 Å². The van der Waals surface area contributed by atoms with E-state index >= 15 is 0 Å². The highest BCUT2D eigenvalue weighted by Gasteiger charge is 2.15. The first kappa shape index (κ1) is 26.0.